The van der Waals surface area contributed by atoms with Crippen molar-refractivity contribution in [1.82, 2.24) is 0 Å². The molecule has 0 spiro atoms. The van der Waals surface area contributed by atoms with Crippen LogP contribution in [-0.2, 0) is 4.74 Å². The number of rotatable bonds is 5. The summed E-state index contributed by atoms with van der Waals surface area (Å²) in [4.78, 5) is 0. The van der Waals surface area contributed by atoms with E-state index < -0.39 is 18.3 Å². The highest BCUT2D eigenvalue weighted by Crippen LogP contribution is 2.49. The second-order valence-corrected chi connectivity index (χ2v) is 6.78. The predicted octanol–water partition coefficient (Wildman–Crippen LogP) is 0.967. The van der Waals surface area contributed by atoms with Gasteiger partial charge in [-0.05, 0) is 44.4 Å². The summed E-state index contributed by atoms with van der Waals surface area (Å²) in [7, 11) is 0. The third-order valence-electron chi connectivity index (χ3n) is 4.84. The Bertz CT molecular complexity index is 383. The molecule has 1 aliphatic carbocycles. The van der Waals surface area contributed by atoms with E-state index in [2.05, 4.69) is 13.0 Å². The molecule has 1 heterocycles. The van der Waals surface area contributed by atoms with Gasteiger partial charge in [-0.2, -0.15) is 5.26 Å². The van der Waals surface area contributed by atoms with E-state index in [1.165, 1.54) is 0 Å². The van der Waals surface area contributed by atoms with Crippen molar-refractivity contribution in [3.63, 3.8) is 0 Å². The van der Waals surface area contributed by atoms with E-state index in [1.54, 1.807) is 6.92 Å². The number of aliphatic hydroxyl groups excluding tert-OH is 3. The van der Waals surface area contributed by atoms with Gasteiger partial charge in [-0.25, -0.2) is 0 Å². The molecule has 0 radical (unpaired) electrons. The first-order valence-electron chi connectivity index (χ1n) is 7.45. The molecule has 3 N–H and O–H groups in total. The van der Waals surface area contributed by atoms with Gasteiger partial charge in [-0.3, -0.25) is 0 Å². The summed E-state index contributed by atoms with van der Waals surface area (Å²) in [5, 5.41) is 38.4. The van der Waals surface area contributed by atoms with Gasteiger partial charge >= 0.3 is 0 Å². The van der Waals surface area contributed by atoms with Crippen LogP contribution in [0.25, 0.3) is 0 Å². The van der Waals surface area contributed by atoms with E-state index in [-0.39, 0.29) is 23.5 Å². The molecule has 2 fully saturated rings. The molecule has 20 heavy (non-hydrogen) atoms. The van der Waals surface area contributed by atoms with Crippen molar-refractivity contribution in [1.29, 1.82) is 5.26 Å². The van der Waals surface area contributed by atoms with Crippen LogP contribution in [0.4, 0.5) is 0 Å². The Hall–Kier alpha value is -0.670. The maximum Gasteiger partial charge on any atom is 0.106 e. The summed E-state index contributed by atoms with van der Waals surface area (Å²) in [6, 6.07) is 2.12. The molecule has 1 aliphatic heterocycles. The highest BCUT2D eigenvalue weighted by atomic mass is 16.5. The van der Waals surface area contributed by atoms with Gasteiger partial charge in [0.15, 0.2) is 0 Å². The molecule has 1 saturated carbocycles. The van der Waals surface area contributed by atoms with Crippen LogP contribution in [0.2, 0.25) is 0 Å². The number of hydrogen-bond donors (Lipinski definition) is 3. The second kappa shape index (κ2) is 5.98. The third-order valence-corrected chi connectivity index (χ3v) is 4.84. The highest BCUT2D eigenvalue weighted by Gasteiger charge is 2.53. The molecule has 0 amide bonds. The molecule has 2 aliphatic rings. The Kier molecular flexibility index (Phi) is 4.70. The van der Waals surface area contributed by atoms with Gasteiger partial charge in [0.05, 0.1) is 30.5 Å². The summed E-state index contributed by atoms with van der Waals surface area (Å²) in [6.07, 6.45) is 0.748. The molecule has 5 heteroatoms. The summed E-state index contributed by atoms with van der Waals surface area (Å²) < 4.78 is 5.87. The molecule has 114 valence electrons. The van der Waals surface area contributed by atoms with Crippen LogP contribution in [0, 0.1) is 22.7 Å². The molecule has 7 atom stereocenters. The molecular formula is C15H25NO4. The quantitative estimate of drug-likeness (QED) is 0.699. The Balaban J connectivity index is 1.87. The van der Waals surface area contributed by atoms with Crippen LogP contribution in [0.5, 0.6) is 0 Å². The van der Waals surface area contributed by atoms with Crippen molar-refractivity contribution < 1.29 is 20.1 Å². The average molecular weight is 283 g/mol. The number of aliphatic hydroxyl groups is 3. The van der Waals surface area contributed by atoms with Crippen molar-refractivity contribution in [3.05, 3.63) is 0 Å². The fraction of sp³-hybridized carbons (Fsp3) is 0.933. The third kappa shape index (κ3) is 3.15. The number of nitrogens with zero attached hydrogens (tertiary/aromatic N) is 1. The minimum atomic E-state index is -0.795. The first-order chi connectivity index (χ1) is 9.35. The SMILES string of the molecule is C[C@@H](C#N)CC(O)CCC1OC2CC1(C)C[C@@H](O)[C@H]2O. The van der Waals surface area contributed by atoms with E-state index in [0.29, 0.717) is 25.7 Å². The summed E-state index contributed by atoms with van der Waals surface area (Å²) in [5.74, 6) is -0.145. The van der Waals surface area contributed by atoms with Gasteiger partial charge < -0.3 is 20.1 Å². The first-order valence-corrected chi connectivity index (χ1v) is 7.45. The minimum Gasteiger partial charge on any atom is -0.393 e. The van der Waals surface area contributed by atoms with Crippen LogP contribution in [0.3, 0.4) is 0 Å². The van der Waals surface area contributed by atoms with Gasteiger partial charge in [0.2, 0.25) is 0 Å². The van der Waals surface area contributed by atoms with Crippen molar-refractivity contribution in [2.75, 3.05) is 0 Å². The van der Waals surface area contributed by atoms with Gasteiger partial charge in [-0.1, -0.05) is 6.92 Å². The van der Waals surface area contributed by atoms with E-state index >= 15 is 0 Å². The lowest BCUT2D eigenvalue weighted by molar-refractivity contribution is -0.0821. The van der Waals surface area contributed by atoms with Crippen LogP contribution < -0.4 is 0 Å². The number of hydrogen-bond acceptors (Lipinski definition) is 5. The van der Waals surface area contributed by atoms with E-state index in [0.717, 1.165) is 6.42 Å². The van der Waals surface area contributed by atoms with E-state index in [4.69, 9.17) is 10.00 Å². The van der Waals surface area contributed by atoms with Crippen LogP contribution >= 0.6 is 0 Å². The standard InChI is InChI=1S/C15H25NO4/c1-9(8-16)5-10(17)3-4-13-15(2)6-11(18)14(19)12(7-15)20-13/h9-14,17-19H,3-7H2,1-2H3/t9-,10?,11-,12?,13?,14-,15?/m1/s1. The lowest BCUT2D eigenvalue weighted by Gasteiger charge is -2.36. The van der Waals surface area contributed by atoms with Gasteiger partial charge in [0.25, 0.3) is 0 Å². The van der Waals surface area contributed by atoms with Crippen LogP contribution in [0.15, 0.2) is 0 Å². The van der Waals surface area contributed by atoms with E-state index in [1.807, 2.05) is 0 Å². The molecule has 0 aromatic rings. The lowest BCUT2D eigenvalue weighted by atomic mass is 9.70. The molecule has 2 bridgehead atoms. The monoisotopic (exact) mass is 283 g/mol. The Morgan fingerprint density at radius 2 is 2.10 bits per heavy atom. The van der Waals surface area contributed by atoms with Crippen molar-refractivity contribution in [2.24, 2.45) is 11.3 Å². The fourth-order valence-electron chi connectivity index (χ4n) is 3.62. The molecule has 4 unspecified atom stereocenters. The predicted molar refractivity (Wildman–Crippen MR) is 72.7 cm³/mol. The Morgan fingerprint density at radius 1 is 1.40 bits per heavy atom. The van der Waals surface area contributed by atoms with Gasteiger partial charge in [0, 0.05) is 5.92 Å². The summed E-state index contributed by atoms with van der Waals surface area (Å²) >= 11 is 0. The zero-order valence-electron chi connectivity index (χ0n) is 12.2. The molecule has 0 aromatic heterocycles. The zero-order chi connectivity index (χ0) is 14.9. The maximum absolute atomic E-state index is 9.93. The van der Waals surface area contributed by atoms with Crippen molar-refractivity contribution >= 4 is 0 Å². The molecule has 2 rings (SSSR count). The molecule has 5 nitrogen and oxygen atoms in total. The first kappa shape index (κ1) is 15.7. The largest absolute Gasteiger partial charge is 0.393 e. The maximum atomic E-state index is 9.93. The highest BCUT2D eigenvalue weighted by molar-refractivity contribution is 5.03. The summed E-state index contributed by atoms with van der Waals surface area (Å²) in [5.41, 5.74) is -0.121. The minimum absolute atomic E-state index is 0.0358. The average Bonchev–Trinajstić information content (AvgIpc) is 2.67. The molecule has 1 saturated heterocycles. The number of nitriles is 1. The van der Waals surface area contributed by atoms with Gasteiger partial charge in [0.1, 0.15) is 6.10 Å². The summed E-state index contributed by atoms with van der Waals surface area (Å²) in [6.45, 7) is 3.88. The fourth-order valence-corrected chi connectivity index (χ4v) is 3.62. The lowest BCUT2D eigenvalue weighted by Crippen LogP contribution is -2.44. The van der Waals surface area contributed by atoms with Crippen LogP contribution in [0.1, 0.15) is 46.0 Å². The smallest absolute Gasteiger partial charge is 0.106 e. The Morgan fingerprint density at radius 3 is 2.75 bits per heavy atom. The molecular weight excluding hydrogens is 258 g/mol. The van der Waals surface area contributed by atoms with Crippen molar-refractivity contribution in [3.8, 4) is 6.07 Å². The topological polar surface area (TPSA) is 93.7 Å². The number of ether oxygens (including phenoxy) is 1. The Labute approximate surface area is 120 Å². The normalized spacial score (nSPS) is 43.0. The zero-order valence-corrected chi connectivity index (χ0v) is 12.2. The van der Waals surface area contributed by atoms with E-state index in [9.17, 15) is 15.3 Å². The van der Waals surface area contributed by atoms with Gasteiger partial charge in [-0.15, -0.1) is 0 Å². The van der Waals surface area contributed by atoms with Crippen LogP contribution in [-0.4, -0.2) is 45.8 Å². The number of fused-ring (bicyclic) bond motifs is 2. The molecule has 0 aromatic carbocycles. The van der Waals surface area contributed by atoms with Crippen molar-refractivity contribution in [2.45, 2.75) is 76.5 Å². The second-order valence-electron chi connectivity index (χ2n) is 6.78.